The molecule has 0 amide bonds. The van der Waals surface area contributed by atoms with E-state index in [2.05, 4.69) is 27.7 Å². The third-order valence-electron chi connectivity index (χ3n) is 8.98. The summed E-state index contributed by atoms with van der Waals surface area (Å²) in [6.45, 7) is 9.47. The number of ether oxygens (including phenoxy) is 2. The Bertz CT molecular complexity index is 850. The highest BCUT2D eigenvalue weighted by molar-refractivity contribution is 5.70. The molecule has 0 radical (unpaired) electrons. The summed E-state index contributed by atoms with van der Waals surface area (Å²) >= 11 is 0. The highest BCUT2D eigenvalue weighted by atomic mass is 16.7. The fourth-order valence-corrected chi connectivity index (χ4v) is 6.32. The van der Waals surface area contributed by atoms with Crippen molar-refractivity contribution in [3.63, 3.8) is 0 Å². The second-order valence-electron chi connectivity index (χ2n) is 13.0. The molecule has 0 bridgehead atoms. The van der Waals surface area contributed by atoms with E-state index in [1.54, 1.807) is 0 Å². The van der Waals surface area contributed by atoms with Gasteiger partial charge in [-0.2, -0.15) is 0 Å². The van der Waals surface area contributed by atoms with Crippen LogP contribution in [0.25, 0.3) is 0 Å². The van der Waals surface area contributed by atoms with Crippen LogP contribution in [-0.2, 0) is 19.3 Å². The van der Waals surface area contributed by atoms with Crippen molar-refractivity contribution in [2.75, 3.05) is 6.61 Å². The molecule has 1 aromatic rings. The monoisotopic (exact) mass is 619 g/mol. The molecule has 0 aromatic heterocycles. The van der Waals surface area contributed by atoms with E-state index < -0.39 is 6.16 Å². The van der Waals surface area contributed by atoms with E-state index in [-0.39, 0.29) is 11.5 Å². The fraction of sp³-hybridized carbons (Fsp3) is 0.821. The topological polar surface area (TPSA) is 76.0 Å². The van der Waals surface area contributed by atoms with Gasteiger partial charge in [0.25, 0.3) is 0 Å². The summed E-state index contributed by atoms with van der Waals surface area (Å²) in [5.41, 5.74) is 3.20. The van der Waals surface area contributed by atoms with Crippen LogP contribution < -0.4 is 9.47 Å². The summed E-state index contributed by atoms with van der Waals surface area (Å²) < 4.78 is 11.8. The maximum atomic E-state index is 11.9. The van der Waals surface area contributed by atoms with Gasteiger partial charge in [0.05, 0.1) is 6.61 Å². The van der Waals surface area contributed by atoms with Crippen LogP contribution in [0.15, 0.2) is 0 Å². The van der Waals surface area contributed by atoms with Gasteiger partial charge in [0.1, 0.15) is 0 Å². The van der Waals surface area contributed by atoms with Gasteiger partial charge in [-0.3, -0.25) is 0 Å². The van der Waals surface area contributed by atoms with Crippen molar-refractivity contribution >= 4 is 6.16 Å². The number of rotatable bonds is 30. The molecule has 0 aliphatic rings. The Morgan fingerprint density at radius 3 is 1.27 bits per heavy atom. The van der Waals surface area contributed by atoms with Crippen molar-refractivity contribution in [2.24, 2.45) is 0 Å². The SMILES string of the molecule is CCCCCCCCOc1c(CCCCCCCC)c(CCCCCCCC)c(CCCCCCCC)c(O)c1OC(=O)O. The van der Waals surface area contributed by atoms with Crippen LogP contribution in [0.3, 0.4) is 0 Å². The molecule has 0 saturated heterocycles. The maximum absolute atomic E-state index is 11.9. The quantitative estimate of drug-likeness (QED) is 0.0509. The lowest BCUT2D eigenvalue weighted by Gasteiger charge is -2.24. The number of benzene rings is 1. The van der Waals surface area contributed by atoms with Crippen LogP contribution in [0.1, 0.15) is 198 Å². The van der Waals surface area contributed by atoms with Crippen molar-refractivity contribution in [1.29, 1.82) is 0 Å². The first-order valence-electron chi connectivity index (χ1n) is 18.9. The molecule has 0 heterocycles. The van der Waals surface area contributed by atoms with Gasteiger partial charge in [0, 0.05) is 11.1 Å². The Kier molecular flexibility index (Phi) is 25.0. The zero-order valence-electron chi connectivity index (χ0n) is 29.4. The van der Waals surface area contributed by atoms with E-state index in [0.717, 1.165) is 75.3 Å². The maximum Gasteiger partial charge on any atom is 0.511 e. The Labute approximate surface area is 271 Å². The highest BCUT2D eigenvalue weighted by Gasteiger charge is 2.27. The number of aromatic hydroxyl groups is 1. The third-order valence-corrected chi connectivity index (χ3v) is 8.98. The van der Waals surface area contributed by atoms with E-state index in [9.17, 15) is 15.0 Å². The highest BCUT2D eigenvalue weighted by Crippen LogP contribution is 2.47. The summed E-state index contributed by atoms with van der Waals surface area (Å²) in [6, 6.07) is 0. The van der Waals surface area contributed by atoms with Crippen molar-refractivity contribution in [2.45, 2.75) is 201 Å². The number of phenolic OH excluding ortho intramolecular Hbond substituents is 1. The number of carbonyl (C=O) groups is 1. The molecule has 44 heavy (non-hydrogen) atoms. The zero-order valence-corrected chi connectivity index (χ0v) is 29.4. The molecule has 0 saturated carbocycles. The number of hydrogen-bond acceptors (Lipinski definition) is 4. The first-order valence-corrected chi connectivity index (χ1v) is 18.9. The summed E-state index contributed by atoms with van der Waals surface area (Å²) in [7, 11) is 0. The van der Waals surface area contributed by atoms with Gasteiger partial charge in [-0.25, -0.2) is 4.79 Å². The van der Waals surface area contributed by atoms with Crippen LogP contribution >= 0.6 is 0 Å². The van der Waals surface area contributed by atoms with E-state index in [4.69, 9.17) is 9.47 Å². The largest absolute Gasteiger partial charge is 0.511 e. The molecule has 0 fully saturated rings. The molecule has 0 unspecified atom stereocenters. The minimum Gasteiger partial charge on any atom is -0.504 e. The van der Waals surface area contributed by atoms with Crippen molar-refractivity contribution in [3.05, 3.63) is 16.7 Å². The predicted octanol–water partition coefficient (Wildman–Crippen LogP) is 12.9. The lowest BCUT2D eigenvalue weighted by molar-refractivity contribution is 0.140. The molecular formula is C39H70O5. The van der Waals surface area contributed by atoms with E-state index >= 15 is 0 Å². The average Bonchev–Trinajstić information content (AvgIpc) is 3.01. The molecule has 0 spiro atoms. The summed E-state index contributed by atoms with van der Waals surface area (Å²) in [6.07, 6.45) is 29.5. The van der Waals surface area contributed by atoms with Crippen LogP contribution in [0.4, 0.5) is 4.79 Å². The lowest BCUT2D eigenvalue weighted by Crippen LogP contribution is -2.12. The first kappa shape index (κ1) is 40.1. The van der Waals surface area contributed by atoms with Gasteiger partial charge in [0.2, 0.25) is 5.75 Å². The zero-order chi connectivity index (χ0) is 32.3. The smallest absolute Gasteiger partial charge is 0.504 e. The predicted molar refractivity (Wildman–Crippen MR) is 187 cm³/mol. The van der Waals surface area contributed by atoms with Gasteiger partial charge in [-0.05, 0) is 50.5 Å². The van der Waals surface area contributed by atoms with Crippen LogP contribution in [-0.4, -0.2) is 23.0 Å². The summed E-state index contributed by atoms with van der Waals surface area (Å²) in [5.74, 6) is 0.503. The first-order chi connectivity index (χ1) is 21.5. The summed E-state index contributed by atoms with van der Waals surface area (Å²) in [4.78, 5) is 11.9. The molecule has 0 atom stereocenters. The van der Waals surface area contributed by atoms with E-state index in [0.29, 0.717) is 12.4 Å². The van der Waals surface area contributed by atoms with Gasteiger partial charge in [0.15, 0.2) is 11.5 Å². The van der Waals surface area contributed by atoms with Crippen molar-refractivity contribution < 1.29 is 24.5 Å². The second kappa shape index (κ2) is 27.4. The number of phenols is 1. The third kappa shape index (κ3) is 17.5. The molecule has 5 heteroatoms. The molecule has 2 N–H and O–H groups in total. The number of hydrogen-bond donors (Lipinski definition) is 2. The molecule has 1 rings (SSSR count). The van der Waals surface area contributed by atoms with Crippen LogP contribution in [0.2, 0.25) is 0 Å². The Hall–Kier alpha value is -1.91. The van der Waals surface area contributed by atoms with Gasteiger partial charge in [-0.1, -0.05) is 156 Å². The fourth-order valence-electron chi connectivity index (χ4n) is 6.32. The molecule has 5 nitrogen and oxygen atoms in total. The standard InChI is InChI=1S/C39H70O5/c1-5-9-13-17-21-25-29-33-34(30-26-22-18-14-10-6-2)36(40)38(44-39(41)42)37(43-32-28-24-20-16-12-8-4)35(33)31-27-23-19-15-11-7-3/h40H,5-32H2,1-4H3,(H,41,42). The van der Waals surface area contributed by atoms with Gasteiger partial charge < -0.3 is 19.7 Å². The minimum absolute atomic E-state index is 0.00779. The molecular weight excluding hydrogens is 548 g/mol. The van der Waals surface area contributed by atoms with Crippen LogP contribution in [0, 0.1) is 0 Å². The van der Waals surface area contributed by atoms with E-state index in [1.165, 1.54) is 115 Å². The molecule has 0 aliphatic heterocycles. The number of unbranched alkanes of at least 4 members (excludes halogenated alkanes) is 20. The normalized spacial score (nSPS) is 11.3. The minimum atomic E-state index is -1.40. The number of carboxylic acid groups (broad SMARTS) is 1. The Morgan fingerprint density at radius 1 is 0.477 bits per heavy atom. The molecule has 0 aliphatic carbocycles. The van der Waals surface area contributed by atoms with Crippen LogP contribution in [0.5, 0.6) is 17.2 Å². The van der Waals surface area contributed by atoms with Crippen molar-refractivity contribution in [1.82, 2.24) is 0 Å². The Balaban J connectivity index is 3.37. The van der Waals surface area contributed by atoms with Gasteiger partial charge >= 0.3 is 6.16 Å². The van der Waals surface area contributed by atoms with Gasteiger partial charge in [-0.15, -0.1) is 0 Å². The van der Waals surface area contributed by atoms with Crippen molar-refractivity contribution in [3.8, 4) is 17.2 Å². The lowest BCUT2D eigenvalue weighted by atomic mass is 9.88. The second-order valence-corrected chi connectivity index (χ2v) is 13.0. The summed E-state index contributed by atoms with van der Waals surface area (Å²) in [5, 5.41) is 21.3. The van der Waals surface area contributed by atoms with E-state index in [1.807, 2.05) is 0 Å². The average molecular weight is 619 g/mol. The molecule has 1 aromatic carbocycles. The Morgan fingerprint density at radius 2 is 0.841 bits per heavy atom. The molecule has 256 valence electrons.